The molecule has 0 heterocycles. The van der Waals surface area contributed by atoms with E-state index in [4.69, 9.17) is 0 Å². The number of allylic oxidation sites excluding steroid dienone is 3. The van der Waals surface area contributed by atoms with Crippen LogP contribution < -0.4 is 0 Å². The fraction of sp³-hybridized carbons (Fsp3) is 0.241. The molecule has 0 saturated heterocycles. The van der Waals surface area contributed by atoms with E-state index in [0.29, 0.717) is 5.92 Å². The Hall–Kier alpha value is -2.86. The predicted molar refractivity (Wildman–Crippen MR) is 126 cm³/mol. The summed E-state index contributed by atoms with van der Waals surface area (Å²) in [7, 11) is 0. The number of hydrogen-bond acceptors (Lipinski definition) is 0. The van der Waals surface area contributed by atoms with E-state index in [2.05, 4.69) is 98.5 Å². The molecule has 1 aliphatic rings. The average Bonchev–Trinajstić information content (AvgIpc) is 2.79. The summed E-state index contributed by atoms with van der Waals surface area (Å²) in [5, 5.41) is 0. The van der Waals surface area contributed by atoms with E-state index in [-0.39, 0.29) is 0 Å². The molecule has 0 saturated carbocycles. The van der Waals surface area contributed by atoms with E-state index in [1.807, 2.05) is 6.08 Å². The Kier molecular flexibility index (Phi) is 6.10. The highest BCUT2D eigenvalue weighted by Gasteiger charge is 2.16. The SMILES string of the molecule is C=CCCC1C=CC(c2ccc(-c3ccc(-c4ccc(C)cc4)cc3)cc2)CC1. The van der Waals surface area contributed by atoms with Crippen molar-refractivity contribution in [3.05, 3.63) is 109 Å². The lowest BCUT2D eigenvalue weighted by molar-refractivity contribution is 0.485. The van der Waals surface area contributed by atoms with Crippen LogP contribution in [-0.2, 0) is 0 Å². The third kappa shape index (κ3) is 4.77. The zero-order chi connectivity index (χ0) is 20.1. The molecule has 0 aliphatic heterocycles. The molecule has 2 unspecified atom stereocenters. The molecule has 3 aromatic rings. The van der Waals surface area contributed by atoms with E-state index in [1.165, 1.54) is 52.6 Å². The monoisotopic (exact) mass is 378 g/mol. The number of aryl methyl sites for hydroxylation is 1. The van der Waals surface area contributed by atoms with Crippen molar-refractivity contribution in [2.45, 2.75) is 38.5 Å². The van der Waals surface area contributed by atoms with Gasteiger partial charge in [0.05, 0.1) is 0 Å². The minimum Gasteiger partial charge on any atom is -0.103 e. The number of benzene rings is 3. The molecule has 0 N–H and O–H groups in total. The highest BCUT2D eigenvalue weighted by Crippen LogP contribution is 2.33. The van der Waals surface area contributed by atoms with Crippen molar-refractivity contribution < 1.29 is 0 Å². The van der Waals surface area contributed by atoms with Gasteiger partial charge in [-0.25, -0.2) is 0 Å². The Morgan fingerprint density at radius 1 is 0.724 bits per heavy atom. The van der Waals surface area contributed by atoms with Crippen LogP contribution in [0.1, 0.15) is 42.7 Å². The van der Waals surface area contributed by atoms with Crippen LogP contribution in [0.3, 0.4) is 0 Å². The zero-order valence-corrected chi connectivity index (χ0v) is 17.4. The number of rotatable bonds is 6. The van der Waals surface area contributed by atoms with Crippen molar-refractivity contribution in [1.82, 2.24) is 0 Å². The lowest BCUT2D eigenvalue weighted by Gasteiger charge is -2.23. The van der Waals surface area contributed by atoms with Gasteiger partial charge >= 0.3 is 0 Å². The van der Waals surface area contributed by atoms with Crippen molar-refractivity contribution in [3.8, 4) is 22.3 Å². The molecular formula is C29H30. The molecule has 0 bridgehead atoms. The van der Waals surface area contributed by atoms with Crippen LogP contribution >= 0.6 is 0 Å². The van der Waals surface area contributed by atoms with Crippen LogP contribution in [0.25, 0.3) is 22.3 Å². The first-order chi connectivity index (χ1) is 14.2. The third-order valence-electron chi connectivity index (χ3n) is 6.15. The summed E-state index contributed by atoms with van der Waals surface area (Å²) in [5.41, 5.74) is 7.83. The maximum Gasteiger partial charge on any atom is 0.00182 e. The van der Waals surface area contributed by atoms with E-state index in [0.717, 1.165) is 12.3 Å². The van der Waals surface area contributed by atoms with Crippen LogP contribution in [0.2, 0.25) is 0 Å². The lowest BCUT2D eigenvalue weighted by atomic mass is 9.82. The van der Waals surface area contributed by atoms with Crippen LogP contribution in [0.4, 0.5) is 0 Å². The van der Waals surface area contributed by atoms with Gasteiger partial charge in [-0.05, 0) is 66.3 Å². The van der Waals surface area contributed by atoms with E-state index >= 15 is 0 Å². The Morgan fingerprint density at radius 3 is 1.72 bits per heavy atom. The fourth-order valence-corrected chi connectivity index (χ4v) is 4.25. The molecular weight excluding hydrogens is 348 g/mol. The Morgan fingerprint density at radius 2 is 1.24 bits per heavy atom. The molecule has 29 heavy (non-hydrogen) atoms. The Labute approximate surface area is 175 Å². The standard InChI is InChI=1S/C29H30/c1-3-4-5-23-8-12-25(13-9-23)27-16-20-29(21-17-27)28-18-14-26(15-19-28)24-10-6-22(2)7-11-24/h3,6-8,10-12,14-21,23,25H,1,4-5,9,13H2,2H3. The molecule has 146 valence electrons. The molecule has 2 atom stereocenters. The first kappa shape index (κ1) is 19.5. The average molecular weight is 379 g/mol. The fourth-order valence-electron chi connectivity index (χ4n) is 4.25. The van der Waals surface area contributed by atoms with Crippen LogP contribution in [0, 0.1) is 12.8 Å². The summed E-state index contributed by atoms with van der Waals surface area (Å²) in [4.78, 5) is 0. The van der Waals surface area contributed by atoms with Crippen molar-refractivity contribution in [2.24, 2.45) is 5.92 Å². The van der Waals surface area contributed by atoms with Crippen LogP contribution in [-0.4, -0.2) is 0 Å². The van der Waals surface area contributed by atoms with Gasteiger partial charge in [0.1, 0.15) is 0 Å². The predicted octanol–water partition coefficient (Wildman–Crippen LogP) is 8.35. The zero-order valence-electron chi connectivity index (χ0n) is 17.4. The van der Waals surface area contributed by atoms with E-state index < -0.39 is 0 Å². The normalized spacial score (nSPS) is 18.5. The molecule has 4 rings (SSSR count). The second-order valence-electron chi connectivity index (χ2n) is 8.26. The summed E-state index contributed by atoms with van der Waals surface area (Å²) in [6.07, 6.45) is 11.8. The first-order valence-electron chi connectivity index (χ1n) is 10.8. The molecule has 1 aliphatic carbocycles. The van der Waals surface area contributed by atoms with Gasteiger partial charge in [-0.2, -0.15) is 0 Å². The molecule has 0 fully saturated rings. The molecule has 0 radical (unpaired) electrons. The van der Waals surface area contributed by atoms with Gasteiger partial charge in [-0.3, -0.25) is 0 Å². The topological polar surface area (TPSA) is 0 Å². The highest BCUT2D eigenvalue weighted by molar-refractivity contribution is 5.70. The molecule has 3 aromatic carbocycles. The van der Waals surface area contributed by atoms with Crippen molar-refractivity contribution in [1.29, 1.82) is 0 Å². The lowest BCUT2D eigenvalue weighted by Crippen LogP contribution is -2.07. The van der Waals surface area contributed by atoms with E-state index in [1.54, 1.807) is 0 Å². The van der Waals surface area contributed by atoms with Gasteiger partial charge in [0.2, 0.25) is 0 Å². The van der Waals surface area contributed by atoms with Crippen molar-refractivity contribution in [3.63, 3.8) is 0 Å². The largest absolute Gasteiger partial charge is 0.103 e. The van der Waals surface area contributed by atoms with E-state index in [9.17, 15) is 0 Å². The maximum absolute atomic E-state index is 3.84. The molecule has 0 nitrogen and oxygen atoms in total. The van der Waals surface area contributed by atoms with Gasteiger partial charge in [-0.1, -0.05) is 96.6 Å². The minimum absolute atomic E-state index is 0.563. The Balaban J connectivity index is 1.44. The molecule has 0 amide bonds. The first-order valence-corrected chi connectivity index (χ1v) is 10.8. The maximum atomic E-state index is 3.84. The Bertz CT molecular complexity index is 956. The van der Waals surface area contributed by atoms with Crippen LogP contribution in [0.15, 0.2) is 97.6 Å². The molecule has 0 aromatic heterocycles. The summed E-state index contributed by atoms with van der Waals surface area (Å²) >= 11 is 0. The highest BCUT2D eigenvalue weighted by atomic mass is 14.2. The van der Waals surface area contributed by atoms with Crippen molar-refractivity contribution in [2.75, 3.05) is 0 Å². The van der Waals surface area contributed by atoms with Gasteiger partial charge in [0.25, 0.3) is 0 Å². The third-order valence-corrected chi connectivity index (χ3v) is 6.15. The summed E-state index contributed by atoms with van der Waals surface area (Å²) < 4.78 is 0. The van der Waals surface area contributed by atoms with Gasteiger partial charge in [-0.15, -0.1) is 6.58 Å². The molecule has 0 spiro atoms. The van der Waals surface area contributed by atoms with Crippen molar-refractivity contribution >= 4 is 0 Å². The minimum atomic E-state index is 0.563. The van der Waals surface area contributed by atoms with Gasteiger partial charge < -0.3 is 0 Å². The van der Waals surface area contributed by atoms with Gasteiger partial charge in [0.15, 0.2) is 0 Å². The molecule has 0 heteroatoms. The summed E-state index contributed by atoms with van der Waals surface area (Å²) in [6, 6.07) is 26.8. The smallest absolute Gasteiger partial charge is 0.00182 e. The number of hydrogen-bond donors (Lipinski definition) is 0. The second-order valence-corrected chi connectivity index (χ2v) is 8.26. The van der Waals surface area contributed by atoms with Gasteiger partial charge in [0, 0.05) is 5.92 Å². The summed E-state index contributed by atoms with van der Waals surface area (Å²) in [5.74, 6) is 1.29. The van der Waals surface area contributed by atoms with Crippen LogP contribution in [0.5, 0.6) is 0 Å². The summed E-state index contributed by atoms with van der Waals surface area (Å²) in [6.45, 7) is 5.97. The second kappa shape index (κ2) is 9.09. The quantitative estimate of drug-likeness (QED) is 0.378.